The molecule has 0 radical (unpaired) electrons. The van der Waals surface area contributed by atoms with Crippen molar-refractivity contribution in [2.75, 3.05) is 0 Å². The third-order valence-corrected chi connectivity index (χ3v) is 6.30. The lowest BCUT2D eigenvalue weighted by Gasteiger charge is -2.17. The zero-order valence-electron chi connectivity index (χ0n) is 20.5. The summed E-state index contributed by atoms with van der Waals surface area (Å²) in [5, 5.41) is 13.5. The topological polar surface area (TPSA) is 110 Å². The number of hydrogen-bond donors (Lipinski definition) is 0. The molecule has 0 aliphatic carbocycles. The Balaban J connectivity index is 1.51. The highest BCUT2D eigenvalue weighted by Gasteiger charge is 2.51. The molecular weight excluding hydrogens is 488 g/mol. The number of rotatable bonds is 7. The van der Waals surface area contributed by atoms with Gasteiger partial charge in [0, 0.05) is 18.5 Å². The van der Waals surface area contributed by atoms with Crippen molar-refractivity contribution in [2.45, 2.75) is 32.2 Å². The summed E-state index contributed by atoms with van der Waals surface area (Å²) in [6.07, 6.45) is 0.0454. The third-order valence-electron chi connectivity index (χ3n) is 6.30. The summed E-state index contributed by atoms with van der Waals surface area (Å²) in [6.45, 7) is 1.27. The minimum atomic E-state index is -1.47. The highest BCUT2D eigenvalue weighted by Crippen LogP contribution is 2.36. The summed E-state index contributed by atoms with van der Waals surface area (Å²) in [6, 6.07) is 25.0. The van der Waals surface area contributed by atoms with E-state index < -0.39 is 29.7 Å². The van der Waals surface area contributed by atoms with Gasteiger partial charge < -0.3 is 14.3 Å². The minimum Gasteiger partial charge on any atom is -0.460 e. The Morgan fingerprint density at radius 3 is 2.08 bits per heavy atom. The Labute approximate surface area is 218 Å². The molecule has 3 aromatic carbocycles. The van der Waals surface area contributed by atoms with Crippen LogP contribution in [0.5, 0.6) is 0 Å². The molecule has 1 aliphatic heterocycles. The Morgan fingerprint density at radius 1 is 0.868 bits per heavy atom. The summed E-state index contributed by atoms with van der Waals surface area (Å²) in [5.74, 6) is -3.22. The lowest BCUT2D eigenvalue weighted by atomic mass is 9.89. The molecule has 0 saturated heterocycles. The van der Waals surface area contributed by atoms with Crippen molar-refractivity contribution in [3.05, 3.63) is 113 Å². The maximum atomic E-state index is 13.2. The van der Waals surface area contributed by atoms with E-state index in [1.807, 2.05) is 24.3 Å². The van der Waals surface area contributed by atoms with Crippen LogP contribution >= 0.6 is 0 Å². The first-order valence-electron chi connectivity index (χ1n) is 12.0. The Kier molecular flexibility index (Phi) is 6.90. The van der Waals surface area contributed by atoms with Gasteiger partial charge in [0.25, 0.3) is 0 Å². The van der Waals surface area contributed by atoms with Gasteiger partial charge in [-0.25, -0.2) is 4.79 Å². The predicted molar refractivity (Wildman–Crippen MR) is 137 cm³/mol. The van der Waals surface area contributed by atoms with Gasteiger partial charge in [-0.05, 0) is 22.8 Å². The Hall–Kier alpha value is -4.92. The SMILES string of the molecule is CC(=O)n1cc(C2C(C(=O)OCc3ccccc3)=[N+]([O-])OC2C(=O)OCc2ccccc2)c2ccccc21. The van der Waals surface area contributed by atoms with Crippen LogP contribution < -0.4 is 0 Å². The molecule has 5 rings (SSSR count). The second kappa shape index (κ2) is 10.6. The molecule has 9 heteroatoms. The summed E-state index contributed by atoms with van der Waals surface area (Å²) in [4.78, 5) is 44.2. The number of para-hydroxylation sites is 1. The second-order valence-electron chi connectivity index (χ2n) is 8.79. The first kappa shape index (κ1) is 24.8. The lowest BCUT2D eigenvalue weighted by molar-refractivity contribution is -0.736. The van der Waals surface area contributed by atoms with Crippen LogP contribution in [0.3, 0.4) is 0 Å². The zero-order chi connectivity index (χ0) is 26.6. The van der Waals surface area contributed by atoms with Crippen molar-refractivity contribution < 1.29 is 33.6 Å². The van der Waals surface area contributed by atoms with Gasteiger partial charge in [-0.3, -0.25) is 19.4 Å². The number of esters is 2. The van der Waals surface area contributed by atoms with Crippen molar-refractivity contribution >= 4 is 34.5 Å². The largest absolute Gasteiger partial charge is 0.460 e. The quantitative estimate of drug-likeness (QED) is 0.270. The fourth-order valence-corrected chi connectivity index (χ4v) is 4.49. The fourth-order valence-electron chi connectivity index (χ4n) is 4.49. The lowest BCUT2D eigenvalue weighted by Crippen LogP contribution is -2.34. The maximum absolute atomic E-state index is 13.2. The molecule has 1 aliphatic rings. The van der Waals surface area contributed by atoms with Gasteiger partial charge in [-0.15, -0.1) is 0 Å². The van der Waals surface area contributed by atoms with E-state index in [2.05, 4.69) is 0 Å². The van der Waals surface area contributed by atoms with Crippen molar-refractivity contribution in [1.82, 2.24) is 4.57 Å². The molecule has 1 aromatic heterocycles. The molecule has 0 N–H and O–H groups in total. The third kappa shape index (κ3) is 4.86. The van der Waals surface area contributed by atoms with Crippen LogP contribution in [0.1, 0.15) is 34.3 Å². The van der Waals surface area contributed by atoms with E-state index in [0.29, 0.717) is 16.5 Å². The molecule has 4 aromatic rings. The molecule has 2 heterocycles. The number of carbonyl (C=O) groups excluding carboxylic acids is 3. The van der Waals surface area contributed by atoms with Gasteiger partial charge in [-0.1, -0.05) is 78.9 Å². The van der Waals surface area contributed by atoms with Gasteiger partial charge >= 0.3 is 17.7 Å². The smallest absolute Gasteiger partial charge is 0.406 e. The van der Waals surface area contributed by atoms with E-state index in [0.717, 1.165) is 11.1 Å². The van der Waals surface area contributed by atoms with Gasteiger partial charge in [-0.2, -0.15) is 0 Å². The molecule has 0 spiro atoms. The van der Waals surface area contributed by atoms with E-state index in [4.69, 9.17) is 14.3 Å². The normalized spacial score (nSPS) is 16.8. The number of hydrogen-bond acceptors (Lipinski definition) is 7. The highest BCUT2D eigenvalue weighted by atomic mass is 16.9. The van der Waals surface area contributed by atoms with Gasteiger partial charge in [0.2, 0.25) is 5.91 Å². The van der Waals surface area contributed by atoms with Crippen molar-refractivity contribution in [1.29, 1.82) is 0 Å². The molecule has 192 valence electrons. The summed E-state index contributed by atoms with van der Waals surface area (Å²) < 4.78 is 12.3. The van der Waals surface area contributed by atoms with Crippen LogP contribution in [-0.2, 0) is 37.1 Å². The molecule has 0 bridgehead atoms. The molecule has 2 atom stereocenters. The van der Waals surface area contributed by atoms with Crippen LogP contribution in [-0.4, -0.2) is 39.1 Å². The highest BCUT2D eigenvalue weighted by molar-refractivity contribution is 6.37. The average Bonchev–Trinajstić information content (AvgIpc) is 3.49. The maximum Gasteiger partial charge on any atom is 0.406 e. The number of benzene rings is 3. The monoisotopic (exact) mass is 512 g/mol. The molecule has 0 amide bonds. The van der Waals surface area contributed by atoms with Crippen molar-refractivity contribution in [3.8, 4) is 0 Å². The average molecular weight is 513 g/mol. The standard InChI is InChI=1S/C29H24N2O7/c1-19(32)30-16-23(22-14-8-9-15-24(22)30)25-26(28(33)36-17-20-10-4-2-5-11-20)31(35)38-27(25)29(34)37-18-21-12-6-3-7-13-21/h2-16,25,27H,17-18H2,1H3. The molecule has 0 fully saturated rings. The summed E-state index contributed by atoms with van der Waals surface area (Å²) >= 11 is 0. The van der Waals surface area contributed by atoms with Gasteiger partial charge in [0.1, 0.15) is 19.1 Å². The predicted octanol–water partition coefficient (Wildman–Crippen LogP) is 4.14. The molecule has 9 nitrogen and oxygen atoms in total. The van der Waals surface area contributed by atoms with Crippen LogP contribution in [0.2, 0.25) is 0 Å². The molecule has 38 heavy (non-hydrogen) atoms. The molecular formula is C29H24N2O7. The number of ether oxygens (including phenoxy) is 2. The Morgan fingerprint density at radius 2 is 1.45 bits per heavy atom. The first-order chi connectivity index (χ1) is 18.4. The van der Waals surface area contributed by atoms with Crippen molar-refractivity contribution in [3.63, 3.8) is 0 Å². The Bertz CT molecular complexity index is 1530. The minimum absolute atomic E-state index is 0.0202. The zero-order valence-corrected chi connectivity index (χ0v) is 20.5. The molecule has 0 saturated carbocycles. The second-order valence-corrected chi connectivity index (χ2v) is 8.79. The van der Waals surface area contributed by atoms with Crippen LogP contribution in [0.25, 0.3) is 10.9 Å². The van der Waals surface area contributed by atoms with E-state index in [1.165, 1.54) is 17.7 Å². The van der Waals surface area contributed by atoms with Crippen LogP contribution in [0.15, 0.2) is 91.1 Å². The van der Waals surface area contributed by atoms with Gasteiger partial charge in [0.05, 0.1) is 10.4 Å². The number of carbonyl (C=O) groups is 3. The van der Waals surface area contributed by atoms with Gasteiger partial charge in [0.15, 0.2) is 6.10 Å². The van der Waals surface area contributed by atoms with Crippen LogP contribution in [0.4, 0.5) is 0 Å². The first-order valence-corrected chi connectivity index (χ1v) is 12.0. The van der Waals surface area contributed by atoms with E-state index in [9.17, 15) is 19.6 Å². The summed E-state index contributed by atoms with van der Waals surface area (Å²) in [7, 11) is 0. The van der Waals surface area contributed by atoms with Crippen molar-refractivity contribution in [2.24, 2.45) is 0 Å². The fraction of sp³-hybridized carbons (Fsp3) is 0.172. The van der Waals surface area contributed by atoms with E-state index in [1.54, 1.807) is 60.7 Å². The summed E-state index contributed by atoms with van der Waals surface area (Å²) in [5.41, 5.74) is 2.01. The van der Waals surface area contributed by atoms with E-state index >= 15 is 0 Å². The number of fused-ring (bicyclic) bond motifs is 1. The molecule has 2 unspecified atom stereocenters. The number of nitrogens with zero attached hydrogens (tertiary/aromatic N) is 2. The van der Waals surface area contributed by atoms with E-state index in [-0.39, 0.29) is 24.0 Å². The number of aromatic nitrogens is 1. The van der Waals surface area contributed by atoms with Crippen LogP contribution in [0, 0.1) is 5.21 Å².